The number of fused-ring (bicyclic) bond motifs is 1. The van der Waals surface area contributed by atoms with Gasteiger partial charge in [-0.25, -0.2) is 4.79 Å². The van der Waals surface area contributed by atoms with E-state index in [1.165, 1.54) is 5.56 Å². The van der Waals surface area contributed by atoms with Gasteiger partial charge in [0.05, 0.1) is 12.2 Å². The van der Waals surface area contributed by atoms with E-state index in [0.717, 1.165) is 27.4 Å². The molecule has 0 atom stereocenters. The Hall–Kier alpha value is -1.71. The summed E-state index contributed by atoms with van der Waals surface area (Å²) in [4.78, 5) is 14.4. The summed E-state index contributed by atoms with van der Waals surface area (Å²) in [6.07, 6.45) is 1.53. The van der Waals surface area contributed by atoms with Crippen molar-refractivity contribution in [1.29, 1.82) is 0 Å². The van der Waals surface area contributed by atoms with Crippen LogP contribution in [0.1, 0.15) is 24.5 Å². The molecule has 0 amide bonds. The van der Waals surface area contributed by atoms with Crippen molar-refractivity contribution in [3.63, 3.8) is 0 Å². The molecule has 0 N–H and O–H groups in total. The molecule has 0 unspecified atom stereocenters. The second-order valence-corrected chi connectivity index (χ2v) is 6.76. The fourth-order valence-electron chi connectivity index (χ4n) is 2.65. The van der Waals surface area contributed by atoms with Gasteiger partial charge < -0.3 is 4.74 Å². The van der Waals surface area contributed by atoms with Gasteiger partial charge in [-0.15, -0.1) is 0 Å². The topological polar surface area (TPSA) is 26.3 Å². The summed E-state index contributed by atoms with van der Waals surface area (Å²) < 4.78 is 5.25. The zero-order chi connectivity index (χ0) is 16.2. The molecule has 0 heterocycles. The predicted octanol–water partition coefficient (Wildman–Crippen LogP) is 5.35. The van der Waals surface area contributed by atoms with Crippen LogP contribution in [0.2, 0.25) is 5.02 Å². The number of benzene rings is 2. The van der Waals surface area contributed by atoms with Crippen LogP contribution in [0.5, 0.6) is 0 Å². The lowest BCUT2D eigenvalue weighted by Gasteiger charge is -2.22. The second kappa shape index (κ2) is 7.24. The Morgan fingerprint density at radius 1 is 1.17 bits per heavy atom. The van der Waals surface area contributed by atoms with E-state index in [4.69, 9.17) is 16.3 Å². The van der Waals surface area contributed by atoms with Gasteiger partial charge in [0.1, 0.15) is 0 Å². The third-order valence-corrected chi connectivity index (χ3v) is 5.13. The van der Waals surface area contributed by atoms with Crippen LogP contribution in [0.4, 0.5) is 0 Å². The molecule has 3 rings (SSSR count). The summed E-state index contributed by atoms with van der Waals surface area (Å²) in [5.74, 6) is -0.225. The van der Waals surface area contributed by atoms with E-state index in [1.807, 2.05) is 55.5 Å². The van der Waals surface area contributed by atoms with Gasteiger partial charge in [0.25, 0.3) is 0 Å². The molecule has 4 heteroatoms. The summed E-state index contributed by atoms with van der Waals surface area (Å²) in [6.45, 7) is 2.21. The van der Waals surface area contributed by atoms with Gasteiger partial charge in [-0.1, -0.05) is 47.6 Å². The molecule has 0 spiro atoms. The molecular weight excluding hydrogens is 328 g/mol. The monoisotopic (exact) mass is 344 g/mol. The molecule has 118 valence electrons. The maximum Gasteiger partial charge on any atom is 0.335 e. The molecule has 2 nitrogen and oxygen atoms in total. The van der Waals surface area contributed by atoms with Crippen LogP contribution in [0.15, 0.2) is 59.0 Å². The van der Waals surface area contributed by atoms with Gasteiger partial charge in [-0.3, -0.25) is 0 Å². The summed E-state index contributed by atoms with van der Waals surface area (Å²) >= 11 is 7.78. The molecule has 0 fully saturated rings. The smallest absolute Gasteiger partial charge is 0.335 e. The Kier molecular flexibility index (Phi) is 5.09. The van der Waals surface area contributed by atoms with Crippen molar-refractivity contribution in [1.82, 2.24) is 0 Å². The van der Waals surface area contributed by atoms with Gasteiger partial charge >= 0.3 is 5.97 Å². The molecule has 2 aromatic rings. The number of aryl methyl sites for hydroxylation is 1. The van der Waals surface area contributed by atoms with E-state index < -0.39 is 0 Å². The first-order valence-corrected chi connectivity index (χ1v) is 8.80. The van der Waals surface area contributed by atoms with Crippen molar-refractivity contribution in [2.24, 2.45) is 0 Å². The number of ether oxygens (including phenoxy) is 1. The maximum absolute atomic E-state index is 12.4. The Morgan fingerprint density at radius 2 is 1.96 bits per heavy atom. The summed E-state index contributed by atoms with van der Waals surface area (Å²) in [5, 5.41) is 0.681. The quantitative estimate of drug-likeness (QED) is 0.699. The van der Waals surface area contributed by atoms with Crippen molar-refractivity contribution in [3.8, 4) is 0 Å². The Bertz CT molecular complexity index is 753. The minimum atomic E-state index is -0.225. The van der Waals surface area contributed by atoms with E-state index >= 15 is 0 Å². The standard InChI is InChI=1S/C19H17ClO2S/c1-2-22-19(21)16-11-9-13-8-10-14(20)12-17(13)18(16)23-15-6-4-3-5-7-15/h3-8,10,12H,2,9,11H2,1H3. The average Bonchev–Trinajstić information content (AvgIpc) is 2.56. The number of hydrogen-bond donors (Lipinski definition) is 0. The number of rotatable bonds is 4. The van der Waals surface area contributed by atoms with Crippen molar-refractivity contribution >= 4 is 34.2 Å². The van der Waals surface area contributed by atoms with E-state index in [9.17, 15) is 4.79 Å². The molecule has 0 radical (unpaired) electrons. The normalized spacial score (nSPS) is 13.7. The van der Waals surface area contributed by atoms with Crippen LogP contribution in [-0.2, 0) is 16.0 Å². The molecule has 0 aromatic heterocycles. The number of halogens is 1. The fraction of sp³-hybridized carbons (Fsp3) is 0.211. The average molecular weight is 345 g/mol. The number of carbonyl (C=O) groups excluding carboxylic acids is 1. The Balaban J connectivity index is 2.08. The highest BCUT2D eigenvalue weighted by Gasteiger charge is 2.25. The Labute approximate surface area is 145 Å². The van der Waals surface area contributed by atoms with Crippen LogP contribution >= 0.6 is 23.4 Å². The predicted molar refractivity (Wildman–Crippen MR) is 95.6 cm³/mol. The number of hydrogen-bond acceptors (Lipinski definition) is 3. The minimum Gasteiger partial charge on any atom is -0.463 e. The number of thioether (sulfide) groups is 1. The lowest BCUT2D eigenvalue weighted by molar-refractivity contribution is -0.138. The molecule has 0 aliphatic heterocycles. The third-order valence-electron chi connectivity index (χ3n) is 3.72. The van der Waals surface area contributed by atoms with Crippen molar-refractivity contribution in [3.05, 3.63) is 70.3 Å². The second-order valence-electron chi connectivity index (χ2n) is 5.24. The zero-order valence-electron chi connectivity index (χ0n) is 12.8. The van der Waals surface area contributed by atoms with E-state index in [-0.39, 0.29) is 5.97 Å². The summed E-state index contributed by atoms with van der Waals surface area (Å²) in [5.41, 5.74) is 3.01. The van der Waals surface area contributed by atoms with E-state index in [0.29, 0.717) is 18.1 Å². The van der Waals surface area contributed by atoms with Crippen molar-refractivity contribution < 1.29 is 9.53 Å². The van der Waals surface area contributed by atoms with Crippen molar-refractivity contribution in [2.45, 2.75) is 24.7 Å². The van der Waals surface area contributed by atoms with Crippen LogP contribution in [0.25, 0.3) is 4.91 Å². The fourth-order valence-corrected chi connectivity index (χ4v) is 3.96. The first kappa shape index (κ1) is 16.2. The first-order valence-electron chi connectivity index (χ1n) is 7.61. The molecule has 0 saturated heterocycles. The number of esters is 1. The summed E-state index contributed by atoms with van der Waals surface area (Å²) in [7, 11) is 0. The third kappa shape index (κ3) is 3.62. The van der Waals surface area contributed by atoms with Crippen LogP contribution in [0.3, 0.4) is 0 Å². The van der Waals surface area contributed by atoms with E-state index in [2.05, 4.69) is 0 Å². The lowest BCUT2D eigenvalue weighted by Crippen LogP contribution is -2.14. The van der Waals surface area contributed by atoms with Gasteiger partial charge in [-0.2, -0.15) is 0 Å². The van der Waals surface area contributed by atoms with Gasteiger partial charge in [0.2, 0.25) is 0 Å². The largest absolute Gasteiger partial charge is 0.463 e. The molecule has 0 saturated carbocycles. The zero-order valence-corrected chi connectivity index (χ0v) is 14.4. The molecular formula is C19H17ClO2S. The maximum atomic E-state index is 12.4. The van der Waals surface area contributed by atoms with Crippen LogP contribution in [0, 0.1) is 0 Å². The molecule has 23 heavy (non-hydrogen) atoms. The van der Waals surface area contributed by atoms with Crippen LogP contribution in [-0.4, -0.2) is 12.6 Å². The van der Waals surface area contributed by atoms with Crippen molar-refractivity contribution in [2.75, 3.05) is 6.61 Å². The highest BCUT2D eigenvalue weighted by atomic mass is 35.5. The van der Waals surface area contributed by atoms with Gasteiger partial charge in [0, 0.05) is 14.8 Å². The molecule has 1 aliphatic carbocycles. The first-order chi connectivity index (χ1) is 11.2. The van der Waals surface area contributed by atoms with E-state index in [1.54, 1.807) is 11.8 Å². The highest BCUT2D eigenvalue weighted by Crippen LogP contribution is 2.43. The summed E-state index contributed by atoms with van der Waals surface area (Å²) in [6, 6.07) is 15.9. The Morgan fingerprint density at radius 3 is 2.70 bits per heavy atom. The van der Waals surface area contributed by atoms with Crippen LogP contribution < -0.4 is 0 Å². The number of carbonyl (C=O) groups is 1. The van der Waals surface area contributed by atoms with Gasteiger partial charge in [-0.05, 0) is 55.2 Å². The highest BCUT2D eigenvalue weighted by molar-refractivity contribution is 8.08. The van der Waals surface area contributed by atoms with Gasteiger partial charge in [0.15, 0.2) is 0 Å². The molecule has 0 bridgehead atoms. The minimum absolute atomic E-state index is 0.225. The molecule has 1 aliphatic rings. The molecule has 2 aromatic carbocycles. The lowest BCUT2D eigenvalue weighted by atomic mass is 9.92. The SMILES string of the molecule is CCOC(=O)C1=C(Sc2ccccc2)c2cc(Cl)ccc2CC1.